The number of carbonyl (C=O) groups is 1. The van der Waals surface area contributed by atoms with Crippen LogP contribution < -0.4 is 9.47 Å². The molecule has 1 saturated heterocycles. The Labute approximate surface area is 221 Å². The average Bonchev–Trinajstić information content (AvgIpc) is 2.86. The number of likely N-dealkylation sites (N-methyl/N-ethyl adjacent to an activating group) is 1. The van der Waals surface area contributed by atoms with Crippen molar-refractivity contribution in [3.05, 3.63) is 59.2 Å². The van der Waals surface area contributed by atoms with Gasteiger partial charge in [-0.1, -0.05) is 18.2 Å². The molecule has 4 rings (SSSR count). The largest absolute Gasteiger partial charge is 0.528 e. The van der Waals surface area contributed by atoms with Crippen LogP contribution in [0.25, 0.3) is 0 Å². The Balaban J connectivity index is 1.22. The smallest absolute Gasteiger partial charge is 0.497 e. The molecule has 8 nitrogen and oxygen atoms in total. The van der Waals surface area contributed by atoms with Gasteiger partial charge in [0.15, 0.2) is 0 Å². The molecule has 202 valence electrons. The first kappa shape index (κ1) is 27.2. The molecule has 2 aliphatic heterocycles. The molecule has 0 N–H and O–H groups in total. The molecule has 1 unspecified atom stereocenters. The van der Waals surface area contributed by atoms with Crippen LogP contribution in [0.2, 0.25) is 0 Å². The second-order valence-corrected chi connectivity index (χ2v) is 10.9. The summed E-state index contributed by atoms with van der Waals surface area (Å²) in [5.74, 6) is 2.15. The van der Waals surface area contributed by atoms with E-state index in [-0.39, 0.29) is 0 Å². The quantitative estimate of drug-likeness (QED) is 0.379. The van der Waals surface area contributed by atoms with E-state index in [1.165, 1.54) is 16.7 Å². The minimum absolute atomic E-state index is 0.340. The fraction of sp³-hybridized carbons (Fsp3) is 0.552. The van der Waals surface area contributed by atoms with Crippen molar-refractivity contribution < 1.29 is 23.8 Å². The van der Waals surface area contributed by atoms with E-state index in [9.17, 15) is 4.79 Å². The molecule has 0 bridgehead atoms. The summed E-state index contributed by atoms with van der Waals surface area (Å²) in [7, 11) is 3.87. The van der Waals surface area contributed by atoms with Crippen LogP contribution in [0.5, 0.6) is 11.5 Å². The van der Waals surface area contributed by atoms with Crippen molar-refractivity contribution in [2.24, 2.45) is 0 Å². The van der Waals surface area contributed by atoms with E-state index < -0.39 is 11.8 Å². The second kappa shape index (κ2) is 12.2. The molecule has 0 aromatic heterocycles. The van der Waals surface area contributed by atoms with Crippen LogP contribution in [0.15, 0.2) is 42.5 Å². The van der Waals surface area contributed by atoms with Gasteiger partial charge in [0.25, 0.3) is 0 Å². The summed E-state index contributed by atoms with van der Waals surface area (Å²) in [5.41, 5.74) is 3.46. The van der Waals surface area contributed by atoms with E-state index in [4.69, 9.17) is 19.0 Å². The van der Waals surface area contributed by atoms with E-state index in [0.717, 1.165) is 50.6 Å². The van der Waals surface area contributed by atoms with Crippen molar-refractivity contribution in [1.82, 2.24) is 14.9 Å². The zero-order valence-electron chi connectivity index (χ0n) is 22.9. The van der Waals surface area contributed by atoms with Gasteiger partial charge in [-0.05, 0) is 75.2 Å². The van der Waals surface area contributed by atoms with Crippen molar-refractivity contribution in [3.8, 4) is 11.5 Å². The van der Waals surface area contributed by atoms with E-state index in [1.54, 1.807) is 12.2 Å². The van der Waals surface area contributed by atoms with E-state index in [1.807, 2.05) is 32.9 Å². The molecule has 0 aliphatic carbocycles. The van der Waals surface area contributed by atoms with Crippen molar-refractivity contribution in [3.63, 3.8) is 0 Å². The molecule has 2 heterocycles. The van der Waals surface area contributed by atoms with Crippen LogP contribution in [0.4, 0.5) is 4.79 Å². The van der Waals surface area contributed by atoms with Gasteiger partial charge in [0, 0.05) is 51.7 Å². The fourth-order valence-corrected chi connectivity index (χ4v) is 4.93. The highest BCUT2D eigenvalue weighted by atomic mass is 16.8. The Hall–Kier alpha value is -2.81. The number of fused-ring (bicyclic) bond motifs is 1. The first-order chi connectivity index (χ1) is 17.7. The molecule has 8 heteroatoms. The summed E-state index contributed by atoms with van der Waals surface area (Å²) >= 11 is 0. The Morgan fingerprint density at radius 3 is 2.38 bits per heavy atom. The molecule has 0 saturated carbocycles. The molecule has 2 aromatic carbocycles. The zero-order chi connectivity index (χ0) is 26.4. The number of benzene rings is 2. The topological polar surface area (TPSA) is 63.7 Å². The SMILES string of the molecule is COc1ccc(C2CN(C)Cc3cc(OCCCN4CCN(OC(=O)OC(C)(C)C)CC4)ccc32)cc1. The third-order valence-corrected chi connectivity index (χ3v) is 6.75. The number of carbonyl (C=O) groups excluding carboxylic acids is 1. The number of hydrogen-bond acceptors (Lipinski definition) is 8. The molecule has 0 amide bonds. The predicted octanol–water partition coefficient (Wildman–Crippen LogP) is 4.53. The number of nitrogens with zero attached hydrogens (tertiary/aromatic N) is 3. The maximum Gasteiger partial charge on any atom is 0.528 e. The highest BCUT2D eigenvalue weighted by Gasteiger charge is 2.26. The minimum Gasteiger partial charge on any atom is -0.497 e. The van der Waals surface area contributed by atoms with Gasteiger partial charge in [0.1, 0.15) is 17.1 Å². The summed E-state index contributed by atoms with van der Waals surface area (Å²) in [6.07, 6.45) is 0.305. The lowest BCUT2D eigenvalue weighted by Gasteiger charge is -2.33. The first-order valence-electron chi connectivity index (χ1n) is 13.2. The minimum atomic E-state index is -0.638. The molecule has 37 heavy (non-hydrogen) atoms. The Bertz CT molecular complexity index is 1030. The van der Waals surface area contributed by atoms with Crippen molar-refractivity contribution in [1.29, 1.82) is 0 Å². The van der Waals surface area contributed by atoms with Crippen molar-refractivity contribution in [2.45, 2.75) is 45.3 Å². The summed E-state index contributed by atoms with van der Waals surface area (Å²) < 4.78 is 16.7. The van der Waals surface area contributed by atoms with Crippen molar-refractivity contribution in [2.75, 3.05) is 60.0 Å². The summed E-state index contributed by atoms with van der Waals surface area (Å²) in [5, 5.41) is 1.68. The Morgan fingerprint density at radius 2 is 1.70 bits per heavy atom. The van der Waals surface area contributed by atoms with Crippen LogP contribution in [-0.2, 0) is 16.1 Å². The number of ether oxygens (including phenoxy) is 3. The van der Waals surface area contributed by atoms with Gasteiger partial charge in [-0.15, -0.1) is 5.06 Å². The van der Waals surface area contributed by atoms with E-state index in [0.29, 0.717) is 25.6 Å². The van der Waals surface area contributed by atoms with Crippen LogP contribution in [-0.4, -0.2) is 86.7 Å². The fourth-order valence-electron chi connectivity index (χ4n) is 4.93. The molecule has 1 fully saturated rings. The molecule has 2 aliphatic rings. The Morgan fingerprint density at radius 1 is 1.00 bits per heavy atom. The number of rotatable bonds is 8. The molecule has 2 aromatic rings. The third kappa shape index (κ3) is 7.84. The first-order valence-corrected chi connectivity index (χ1v) is 13.2. The average molecular weight is 512 g/mol. The Kier molecular flexibility index (Phi) is 8.95. The molecular weight excluding hydrogens is 470 g/mol. The van der Waals surface area contributed by atoms with Crippen LogP contribution in [0.1, 0.15) is 49.8 Å². The highest BCUT2D eigenvalue weighted by Crippen LogP contribution is 2.35. The molecule has 1 atom stereocenters. The lowest BCUT2D eigenvalue weighted by atomic mass is 9.84. The highest BCUT2D eigenvalue weighted by molar-refractivity contribution is 5.60. The van der Waals surface area contributed by atoms with Crippen LogP contribution >= 0.6 is 0 Å². The number of hydrogen-bond donors (Lipinski definition) is 0. The molecule has 0 radical (unpaired) electrons. The van der Waals surface area contributed by atoms with Crippen LogP contribution in [0, 0.1) is 0 Å². The van der Waals surface area contributed by atoms with Gasteiger partial charge >= 0.3 is 6.16 Å². The van der Waals surface area contributed by atoms with Gasteiger partial charge in [-0.3, -0.25) is 0 Å². The monoisotopic (exact) mass is 511 g/mol. The predicted molar refractivity (Wildman–Crippen MR) is 143 cm³/mol. The van der Waals surface area contributed by atoms with Crippen molar-refractivity contribution >= 4 is 6.16 Å². The van der Waals surface area contributed by atoms with Crippen LogP contribution in [0.3, 0.4) is 0 Å². The maximum absolute atomic E-state index is 11.9. The third-order valence-electron chi connectivity index (χ3n) is 6.75. The molecular formula is C29H41N3O5. The standard InChI is InChI=1S/C29H41N3O5/c1-29(2,3)36-28(33)37-32-16-14-31(15-17-32)13-6-18-35-25-11-12-26-23(19-25)20-30(4)21-27(26)22-7-9-24(34-5)10-8-22/h7-12,19,27H,6,13-18,20-21H2,1-5H3. The zero-order valence-corrected chi connectivity index (χ0v) is 22.9. The normalized spacial score (nSPS) is 19.2. The second-order valence-electron chi connectivity index (χ2n) is 10.9. The lowest BCUT2D eigenvalue weighted by Crippen LogP contribution is -2.47. The maximum atomic E-state index is 11.9. The van der Waals surface area contributed by atoms with Gasteiger partial charge in [0.2, 0.25) is 0 Å². The number of methoxy groups -OCH3 is 1. The summed E-state index contributed by atoms with van der Waals surface area (Å²) in [6, 6.07) is 14.9. The molecule has 0 spiro atoms. The number of hydroxylamine groups is 2. The van der Waals surface area contributed by atoms with Gasteiger partial charge < -0.3 is 28.8 Å². The summed E-state index contributed by atoms with van der Waals surface area (Å²) in [4.78, 5) is 21.9. The van der Waals surface area contributed by atoms with E-state index in [2.05, 4.69) is 47.2 Å². The van der Waals surface area contributed by atoms with Gasteiger partial charge in [-0.25, -0.2) is 4.79 Å². The van der Waals surface area contributed by atoms with E-state index >= 15 is 0 Å². The lowest BCUT2D eigenvalue weighted by molar-refractivity contribution is -0.158. The summed E-state index contributed by atoms with van der Waals surface area (Å²) in [6.45, 7) is 12.1. The van der Waals surface area contributed by atoms with Gasteiger partial charge in [-0.2, -0.15) is 0 Å². The number of piperazine rings is 1. The van der Waals surface area contributed by atoms with Gasteiger partial charge in [0.05, 0.1) is 13.7 Å².